The maximum Gasteiger partial charge on any atom is 0.277 e. The van der Waals surface area contributed by atoms with E-state index in [2.05, 4.69) is 30.1 Å². The van der Waals surface area contributed by atoms with Crippen LogP contribution in [-0.4, -0.2) is 17.4 Å². The number of para-hydroxylation sites is 1. The van der Waals surface area contributed by atoms with Gasteiger partial charge in [-0.2, -0.15) is 0 Å². The predicted octanol–water partition coefficient (Wildman–Crippen LogP) is 4.38. The molecule has 0 aliphatic carbocycles. The van der Waals surface area contributed by atoms with E-state index in [9.17, 15) is 4.79 Å². The van der Waals surface area contributed by atoms with Crippen LogP contribution in [0.15, 0.2) is 41.8 Å². The van der Waals surface area contributed by atoms with Gasteiger partial charge < -0.3 is 4.90 Å². The SMILES string of the molecule is Cc1ccc(-c2nc(C(=O)N3CCc4ccccc43)cs2)s1. The van der Waals surface area contributed by atoms with Crippen LogP contribution in [0.2, 0.25) is 0 Å². The molecule has 3 aromatic rings. The minimum absolute atomic E-state index is 0.000674. The summed E-state index contributed by atoms with van der Waals surface area (Å²) in [5, 5.41) is 2.79. The van der Waals surface area contributed by atoms with Gasteiger partial charge in [0.1, 0.15) is 10.7 Å². The lowest BCUT2D eigenvalue weighted by Gasteiger charge is -2.15. The number of aromatic nitrogens is 1. The number of thiophene rings is 1. The Labute approximate surface area is 136 Å². The van der Waals surface area contributed by atoms with E-state index in [1.165, 1.54) is 21.8 Å². The Morgan fingerprint density at radius 3 is 2.91 bits per heavy atom. The third-order valence-corrected chi connectivity index (χ3v) is 5.82. The van der Waals surface area contributed by atoms with Crippen molar-refractivity contribution in [2.24, 2.45) is 0 Å². The molecule has 1 aromatic carbocycles. The van der Waals surface area contributed by atoms with Crippen LogP contribution in [0.1, 0.15) is 20.9 Å². The lowest BCUT2D eigenvalue weighted by Crippen LogP contribution is -2.29. The largest absolute Gasteiger partial charge is 0.306 e. The van der Waals surface area contributed by atoms with E-state index in [1.54, 1.807) is 11.3 Å². The van der Waals surface area contributed by atoms with Gasteiger partial charge in [0.05, 0.1) is 4.88 Å². The molecule has 1 aliphatic heterocycles. The van der Waals surface area contributed by atoms with Crippen molar-refractivity contribution in [3.05, 3.63) is 57.9 Å². The highest BCUT2D eigenvalue weighted by Gasteiger charge is 2.26. The monoisotopic (exact) mass is 326 g/mol. The molecule has 0 bridgehead atoms. The van der Waals surface area contributed by atoms with Gasteiger partial charge in [-0.1, -0.05) is 18.2 Å². The van der Waals surface area contributed by atoms with Crippen LogP contribution >= 0.6 is 22.7 Å². The van der Waals surface area contributed by atoms with E-state index < -0.39 is 0 Å². The van der Waals surface area contributed by atoms with Crippen molar-refractivity contribution in [1.82, 2.24) is 4.98 Å². The average molecular weight is 326 g/mol. The fraction of sp³-hybridized carbons (Fsp3) is 0.176. The summed E-state index contributed by atoms with van der Waals surface area (Å²) in [5.74, 6) is 0.000674. The molecule has 2 aromatic heterocycles. The third-order valence-electron chi connectivity index (χ3n) is 3.81. The normalized spacial score (nSPS) is 13.4. The summed E-state index contributed by atoms with van der Waals surface area (Å²) in [6.45, 7) is 2.82. The summed E-state index contributed by atoms with van der Waals surface area (Å²) in [4.78, 5) is 21.5. The Hall–Kier alpha value is -1.98. The molecule has 0 N–H and O–H groups in total. The van der Waals surface area contributed by atoms with Gasteiger partial charge in [-0.15, -0.1) is 22.7 Å². The second-order valence-electron chi connectivity index (χ2n) is 5.28. The molecule has 4 rings (SSSR count). The minimum atomic E-state index is 0.000674. The van der Waals surface area contributed by atoms with E-state index in [0.717, 1.165) is 28.5 Å². The maximum atomic E-state index is 12.7. The number of aryl methyl sites for hydroxylation is 1. The van der Waals surface area contributed by atoms with Crippen LogP contribution in [0.5, 0.6) is 0 Å². The first-order valence-electron chi connectivity index (χ1n) is 7.14. The molecule has 0 fully saturated rings. The van der Waals surface area contributed by atoms with Crippen LogP contribution in [0.25, 0.3) is 9.88 Å². The lowest BCUT2D eigenvalue weighted by molar-refractivity contribution is 0.0985. The van der Waals surface area contributed by atoms with Crippen molar-refractivity contribution in [1.29, 1.82) is 0 Å². The van der Waals surface area contributed by atoms with Crippen LogP contribution < -0.4 is 4.90 Å². The summed E-state index contributed by atoms with van der Waals surface area (Å²) in [6, 6.07) is 12.2. The first-order valence-corrected chi connectivity index (χ1v) is 8.84. The maximum absolute atomic E-state index is 12.7. The van der Waals surface area contributed by atoms with Crippen molar-refractivity contribution in [2.45, 2.75) is 13.3 Å². The predicted molar refractivity (Wildman–Crippen MR) is 92.0 cm³/mol. The van der Waals surface area contributed by atoms with E-state index >= 15 is 0 Å². The molecule has 5 heteroatoms. The Morgan fingerprint density at radius 2 is 2.09 bits per heavy atom. The standard InChI is InChI=1S/C17H14N2OS2/c1-11-6-7-15(22-11)16-18-13(10-21-16)17(20)19-9-8-12-4-2-3-5-14(12)19/h2-7,10H,8-9H2,1H3. The molecular weight excluding hydrogens is 312 g/mol. The van der Waals surface area contributed by atoms with E-state index in [0.29, 0.717) is 5.69 Å². The first-order chi connectivity index (χ1) is 10.7. The summed E-state index contributed by atoms with van der Waals surface area (Å²) in [7, 11) is 0. The summed E-state index contributed by atoms with van der Waals surface area (Å²) in [6.07, 6.45) is 0.920. The third kappa shape index (κ3) is 2.26. The van der Waals surface area contributed by atoms with Gasteiger partial charge in [0.25, 0.3) is 5.91 Å². The molecule has 0 unspecified atom stereocenters. The van der Waals surface area contributed by atoms with Gasteiger partial charge >= 0.3 is 0 Å². The molecular formula is C17H14N2OS2. The Balaban J connectivity index is 1.63. The van der Waals surface area contributed by atoms with Gasteiger partial charge in [0, 0.05) is 22.5 Å². The zero-order valence-corrected chi connectivity index (χ0v) is 13.7. The van der Waals surface area contributed by atoms with E-state index in [1.807, 2.05) is 28.5 Å². The number of hydrogen-bond acceptors (Lipinski definition) is 4. The Kier molecular flexibility index (Phi) is 3.32. The fourth-order valence-electron chi connectivity index (χ4n) is 2.72. The van der Waals surface area contributed by atoms with Crippen molar-refractivity contribution in [2.75, 3.05) is 11.4 Å². The molecule has 3 heterocycles. The summed E-state index contributed by atoms with van der Waals surface area (Å²) in [5.41, 5.74) is 2.80. The van der Waals surface area contributed by atoms with Gasteiger partial charge in [-0.05, 0) is 37.1 Å². The number of benzene rings is 1. The van der Waals surface area contributed by atoms with Crippen LogP contribution in [0.3, 0.4) is 0 Å². The van der Waals surface area contributed by atoms with Crippen LogP contribution in [-0.2, 0) is 6.42 Å². The van der Waals surface area contributed by atoms with E-state index in [-0.39, 0.29) is 5.91 Å². The highest BCUT2D eigenvalue weighted by atomic mass is 32.1. The number of thiazole rings is 1. The zero-order chi connectivity index (χ0) is 15.1. The molecule has 0 saturated carbocycles. The highest BCUT2D eigenvalue weighted by molar-refractivity contribution is 7.21. The van der Waals surface area contributed by atoms with Crippen LogP contribution in [0.4, 0.5) is 5.69 Å². The summed E-state index contributed by atoms with van der Waals surface area (Å²) < 4.78 is 0. The molecule has 110 valence electrons. The molecule has 22 heavy (non-hydrogen) atoms. The Bertz CT molecular complexity index is 850. The second kappa shape index (κ2) is 5.34. The highest BCUT2D eigenvalue weighted by Crippen LogP contribution is 2.32. The van der Waals surface area contributed by atoms with Crippen molar-refractivity contribution in [3.8, 4) is 9.88 Å². The topological polar surface area (TPSA) is 33.2 Å². The number of anilines is 1. The van der Waals surface area contributed by atoms with Crippen molar-refractivity contribution in [3.63, 3.8) is 0 Å². The minimum Gasteiger partial charge on any atom is -0.306 e. The Morgan fingerprint density at radius 1 is 1.23 bits per heavy atom. The molecule has 0 radical (unpaired) electrons. The molecule has 1 aliphatic rings. The molecule has 0 spiro atoms. The van der Waals surface area contributed by atoms with Gasteiger partial charge in [0.2, 0.25) is 0 Å². The first kappa shape index (κ1) is 13.7. The number of hydrogen-bond donors (Lipinski definition) is 0. The van der Waals surface area contributed by atoms with E-state index in [4.69, 9.17) is 0 Å². The number of carbonyl (C=O) groups excluding carboxylic acids is 1. The quantitative estimate of drug-likeness (QED) is 0.700. The fourth-order valence-corrected chi connectivity index (χ4v) is 4.46. The lowest BCUT2D eigenvalue weighted by atomic mass is 10.2. The molecule has 3 nitrogen and oxygen atoms in total. The smallest absolute Gasteiger partial charge is 0.277 e. The van der Waals surface area contributed by atoms with Crippen LogP contribution in [0, 0.1) is 6.92 Å². The number of rotatable bonds is 2. The number of nitrogens with zero attached hydrogens (tertiary/aromatic N) is 2. The summed E-state index contributed by atoms with van der Waals surface area (Å²) >= 11 is 3.25. The number of fused-ring (bicyclic) bond motifs is 1. The van der Waals surface area contributed by atoms with Crippen molar-refractivity contribution < 1.29 is 4.79 Å². The van der Waals surface area contributed by atoms with Gasteiger partial charge in [0.15, 0.2) is 0 Å². The molecule has 1 amide bonds. The van der Waals surface area contributed by atoms with Gasteiger partial charge in [-0.3, -0.25) is 4.79 Å². The van der Waals surface area contributed by atoms with Gasteiger partial charge in [-0.25, -0.2) is 4.98 Å². The molecule has 0 atom stereocenters. The number of carbonyl (C=O) groups is 1. The second-order valence-corrected chi connectivity index (χ2v) is 7.43. The molecule has 0 saturated heterocycles. The average Bonchev–Trinajstić information content (AvgIpc) is 3.25. The zero-order valence-electron chi connectivity index (χ0n) is 12.1. The van der Waals surface area contributed by atoms with Crippen molar-refractivity contribution >= 4 is 34.3 Å². The number of amides is 1.